The highest BCUT2D eigenvalue weighted by Crippen LogP contribution is 2.21. The van der Waals surface area contributed by atoms with Crippen LogP contribution in [0.25, 0.3) is 0 Å². The van der Waals surface area contributed by atoms with Crippen LogP contribution in [0.4, 0.5) is 0 Å². The molecule has 0 radical (unpaired) electrons. The van der Waals surface area contributed by atoms with Crippen molar-refractivity contribution in [1.29, 1.82) is 0 Å². The third kappa shape index (κ3) is 128. The Kier molecular flexibility index (Phi) is 129. The largest absolute Gasteiger partial charge is 0.351 e. The fourth-order valence-corrected chi connectivity index (χ4v) is 16.8. The van der Waals surface area contributed by atoms with Crippen LogP contribution < -0.4 is 0 Å². The molecule has 0 amide bonds. The van der Waals surface area contributed by atoms with E-state index in [4.69, 9.17) is 28.4 Å². The fourth-order valence-electron chi connectivity index (χ4n) is 16.8. The molecule has 0 aromatic heterocycles. The van der Waals surface area contributed by atoms with Gasteiger partial charge in [0.1, 0.15) is 0 Å². The Labute approximate surface area is 819 Å². The number of ether oxygens (including phenoxy) is 6. The van der Waals surface area contributed by atoms with Crippen molar-refractivity contribution in [2.75, 3.05) is 102 Å². The van der Waals surface area contributed by atoms with Gasteiger partial charge >= 0.3 is 0 Å². The van der Waals surface area contributed by atoms with Gasteiger partial charge in [-0.2, -0.15) is 0 Å². The van der Waals surface area contributed by atoms with Gasteiger partial charge in [0, 0.05) is 59.3 Å². The van der Waals surface area contributed by atoms with Crippen molar-refractivity contribution in [2.24, 2.45) is 0 Å². The van der Waals surface area contributed by atoms with E-state index in [-0.39, 0.29) is 26.3 Å². The molecular weight excluding hydrogens is 1590 g/mol. The third-order valence-corrected chi connectivity index (χ3v) is 25.4. The predicted octanol–water partition coefficient (Wildman–Crippen LogP) is 39.6. The summed E-state index contributed by atoms with van der Waals surface area (Å²) in [5.41, 5.74) is 0. The van der Waals surface area contributed by atoms with E-state index in [1.807, 2.05) is 0 Å². The lowest BCUT2D eigenvalue weighted by molar-refractivity contribution is -0.151. The second kappa shape index (κ2) is 125. The summed E-state index contributed by atoms with van der Waals surface area (Å²) in [5.74, 6) is 0. The molecule has 0 N–H and O–H groups in total. The van der Waals surface area contributed by atoms with Crippen molar-refractivity contribution in [3.63, 3.8) is 0 Å². The molecule has 0 aromatic carbocycles. The third-order valence-electron chi connectivity index (χ3n) is 25.4. The summed E-state index contributed by atoms with van der Waals surface area (Å²) in [7, 11) is 12.6. The molecule has 0 atom stereocenters. The minimum atomic E-state index is -0.0917. The molecule has 0 rings (SSSR count). The first-order chi connectivity index (χ1) is 63.6. The molecule has 9 heteroatoms. The molecule has 0 unspecified atom stereocenters. The Morgan fingerprint density at radius 3 is 0.392 bits per heavy atom. The Morgan fingerprint density at radius 2 is 0.254 bits per heavy atom. The van der Waals surface area contributed by atoms with E-state index in [0.717, 1.165) is 97.8 Å². The zero-order valence-electron chi connectivity index (χ0n) is 90.2. The molecule has 0 saturated carbocycles. The van der Waals surface area contributed by atoms with Gasteiger partial charge in [0.15, 0.2) is 18.9 Å². The molecule has 0 aromatic rings. The smallest absolute Gasteiger partial charge is 0.170 e. The van der Waals surface area contributed by atoms with Gasteiger partial charge in [-0.05, 0) is 196 Å². The normalized spacial score (nSPS) is 12.1. The Hall–Kier alpha value is -1.92. The van der Waals surface area contributed by atoms with Crippen molar-refractivity contribution in [2.45, 2.75) is 607 Å². The summed E-state index contributed by atoms with van der Waals surface area (Å²) in [5, 5.41) is 0. The van der Waals surface area contributed by atoms with E-state index >= 15 is 0 Å². The second-order valence-corrected chi connectivity index (χ2v) is 40.0. The van der Waals surface area contributed by atoms with Crippen molar-refractivity contribution in [3.05, 3.63) is 72.9 Å². The maximum Gasteiger partial charge on any atom is 0.170 e. The molecule has 130 heavy (non-hydrogen) atoms. The average molecular weight is 1830 g/mol. The molecular formula is C121H241N3O6. The highest BCUT2D eigenvalue weighted by atomic mass is 16.7. The van der Waals surface area contributed by atoms with Crippen LogP contribution in [0.5, 0.6) is 0 Å². The van der Waals surface area contributed by atoms with Crippen molar-refractivity contribution >= 4 is 0 Å². The van der Waals surface area contributed by atoms with Gasteiger partial charge in [-0.1, -0.05) is 507 Å². The van der Waals surface area contributed by atoms with Gasteiger partial charge in [-0.15, -0.1) is 0 Å². The van der Waals surface area contributed by atoms with Crippen LogP contribution in [0.15, 0.2) is 72.9 Å². The molecule has 776 valence electrons. The number of hydrogen-bond acceptors (Lipinski definition) is 9. The predicted molar refractivity (Wildman–Crippen MR) is 586 cm³/mol. The lowest BCUT2D eigenvalue weighted by Gasteiger charge is -2.22. The van der Waals surface area contributed by atoms with E-state index in [9.17, 15) is 0 Å². The summed E-state index contributed by atoms with van der Waals surface area (Å²) in [4.78, 5) is 6.53. The summed E-state index contributed by atoms with van der Waals surface area (Å²) in [6.45, 7) is 21.2. The standard InChI is InChI=1S/C40H83NO2.C40H79NO2.C40H75NO2.CH4/c3*1-5-7-9-11-13-15-17-19-21-23-25-27-29-31-33-35-37-42-40(39-41(3)4)43-38-36-34-32-30-28-26-24-22-20-18-16-14-12-10-8-6-2;/h40H,5-39H2,1-4H3;19-22,40H,5-18,23-39H2,1-4H3;13-16,19-22,40H,5-12,17-18,23-39H2,1-4H3;1H4/b;21-19-,22-20-;15-13-,16-14-,21-19-,22-20-;. The van der Waals surface area contributed by atoms with Crippen LogP contribution in [0.2, 0.25) is 0 Å². The molecule has 0 aliphatic heterocycles. The summed E-state index contributed by atoms with van der Waals surface area (Å²) in [6.07, 6.45) is 141. The van der Waals surface area contributed by atoms with Crippen LogP contribution in [-0.4, -0.2) is 135 Å². The first kappa shape index (κ1) is 134. The summed E-state index contributed by atoms with van der Waals surface area (Å²) >= 11 is 0. The van der Waals surface area contributed by atoms with Crippen LogP contribution in [0.1, 0.15) is 588 Å². The van der Waals surface area contributed by atoms with Crippen LogP contribution >= 0.6 is 0 Å². The van der Waals surface area contributed by atoms with Crippen LogP contribution in [-0.2, 0) is 28.4 Å². The van der Waals surface area contributed by atoms with Gasteiger partial charge < -0.3 is 43.1 Å². The van der Waals surface area contributed by atoms with Crippen molar-refractivity contribution in [1.82, 2.24) is 14.7 Å². The van der Waals surface area contributed by atoms with Gasteiger partial charge in [0.25, 0.3) is 0 Å². The molecule has 0 saturated heterocycles. The summed E-state index contributed by atoms with van der Waals surface area (Å²) < 4.78 is 36.7. The number of rotatable bonds is 108. The van der Waals surface area contributed by atoms with Gasteiger partial charge in [0.2, 0.25) is 0 Å². The molecule has 9 nitrogen and oxygen atoms in total. The zero-order chi connectivity index (χ0) is 94.0. The molecule has 0 aliphatic carbocycles. The highest BCUT2D eigenvalue weighted by molar-refractivity contribution is 4.94. The number of likely N-dealkylation sites (N-methyl/N-ethyl adjacent to an activating group) is 3. The Balaban J connectivity index is -0.000000912. The number of unbranched alkanes of at least 4 members (excludes halogenated alkanes) is 72. The van der Waals surface area contributed by atoms with E-state index in [1.54, 1.807) is 0 Å². The number of hydrogen-bond donors (Lipinski definition) is 0. The first-order valence-corrected chi connectivity index (χ1v) is 58.1. The van der Waals surface area contributed by atoms with Crippen LogP contribution in [0.3, 0.4) is 0 Å². The lowest BCUT2D eigenvalue weighted by atomic mass is 10.0. The molecule has 0 bridgehead atoms. The number of nitrogens with zero attached hydrogens (tertiary/aromatic N) is 3. The number of allylic oxidation sites excluding steroid dienone is 12. The fraction of sp³-hybridized carbons (Fsp3) is 0.901. The second-order valence-electron chi connectivity index (χ2n) is 40.0. The molecule has 0 spiro atoms. The summed E-state index contributed by atoms with van der Waals surface area (Å²) in [6, 6.07) is 0. The molecule has 0 fully saturated rings. The van der Waals surface area contributed by atoms with E-state index in [1.165, 1.54) is 501 Å². The monoisotopic (exact) mass is 1830 g/mol. The van der Waals surface area contributed by atoms with Gasteiger partial charge in [-0.3, -0.25) is 0 Å². The quantitative estimate of drug-likeness (QED) is 0.0337. The Bertz CT molecular complexity index is 2010. The molecule has 0 heterocycles. The topological polar surface area (TPSA) is 65.1 Å². The maximum atomic E-state index is 6.14. The van der Waals surface area contributed by atoms with Crippen molar-refractivity contribution in [3.8, 4) is 0 Å². The lowest BCUT2D eigenvalue weighted by Crippen LogP contribution is -2.31. The van der Waals surface area contributed by atoms with Crippen LogP contribution in [0, 0.1) is 0 Å². The van der Waals surface area contributed by atoms with Crippen molar-refractivity contribution < 1.29 is 28.4 Å². The maximum absolute atomic E-state index is 6.14. The van der Waals surface area contributed by atoms with Gasteiger partial charge in [-0.25, -0.2) is 0 Å². The van der Waals surface area contributed by atoms with E-state index in [0.29, 0.717) is 0 Å². The average Bonchev–Trinajstić information content (AvgIpc) is 0.987. The van der Waals surface area contributed by atoms with E-state index < -0.39 is 0 Å². The first-order valence-electron chi connectivity index (χ1n) is 58.1. The van der Waals surface area contributed by atoms with Gasteiger partial charge in [0.05, 0.1) is 0 Å². The Morgan fingerprint density at radius 1 is 0.146 bits per heavy atom. The SMILES string of the molecule is C.CCCCC/C=C\C/C=C\CCCCCCCCOC(CN(C)C)OCCCCCCCC/C=C\C/C=C\CCCCC.CCCCCCCC/C=C\CCCCCCCCOC(CN(C)C)OCCCCCCCC/C=C\CCCCCCCC.CCCCCCCCCCCCCCCCCCOC(CN(C)C)OCCCCCCCCCCCCCCCCCC. The minimum absolute atomic E-state index is 0. The highest BCUT2D eigenvalue weighted by Gasteiger charge is 2.14. The zero-order valence-corrected chi connectivity index (χ0v) is 90.2. The molecule has 0 aliphatic rings. The van der Waals surface area contributed by atoms with E-state index in [2.05, 4.69) is 171 Å². The minimum Gasteiger partial charge on any atom is -0.351 e.